The number of amides is 2. The normalized spacial score (nSPS) is 23.0. The van der Waals surface area contributed by atoms with Gasteiger partial charge in [0.15, 0.2) is 0 Å². The number of ether oxygens (including phenoxy) is 1. The molecular weight excluding hydrogens is 370 g/mol. The minimum Gasteiger partial charge on any atom is -0.379 e. The van der Waals surface area contributed by atoms with Crippen LogP contribution in [0.1, 0.15) is 42.6 Å². The van der Waals surface area contributed by atoms with E-state index >= 15 is 0 Å². The van der Waals surface area contributed by atoms with Crippen LogP contribution in [-0.2, 0) is 9.53 Å². The Morgan fingerprint density at radius 3 is 2.69 bits per heavy atom. The number of piperidine rings is 1. The zero-order valence-electron chi connectivity index (χ0n) is 17.0. The summed E-state index contributed by atoms with van der Waals surface area (Å²) in [6.07, 6.45) is 9.48. The van der Waals surface area contributed by atoms with E-state index in [0.29, 0.717) is 18.8 Å². The molecule has 1 aliphatic carbocycles. The zero-order chi connectivity index (χ0) is 20.1. The highest BCUT2D eigenvalue weighted by Gasteiger charge is 2.38. The highest BCUT2D eigenvalue weighted by Crippen LogP contribution is 2.33. The summed E-state index contributed by atoms with van der Waals surface area (Å²) in [4.78, 5) is 40.3. The number of likely N-dealkylation sites (tertiary alicyclic amines) is 1. The molecule has 4 rings (SSSR count). The van der Waals surface area contributed by atoms with Gasteiger partial charge in [-0.3, -0.25) is 19.5 Å². The smallest absolute Gasteiger partial charge is 0.274 e. The molecule has 1 aromatic heterocycles. The van der Waals surface area contributed by atoms with Gasteiger partial charge in [0.2, 0.25) is 5.91 Å². The number of carbonyl (C=O) groups excluding carboxylic acids is 2. The van der Waals surface area contributed by atoms with E-state index in [1.165, 1.54) is 6.20 Å². The first-order valence-electron chi connectivity index (χ1n) is 10.9. The van der Waals surface area contributed by atoms with Crippen LogP contribution in [0.5, 0.6) is 0 Å². The third kappa shape index (κ3) is 5.30. The van der Waals surface area contributed by atoms with Gasteiger partial charge in [0.25, 0.3) is 5.91 Å². The third-order valence-electron chi connectivity index (χ3n) is 6.09. The largest absolute Gasteiger partial charge is 0.379 e. The summed E-state index contributed by atoms with van der Waals surface area (Å²) in [7, 11) is 0. The van der Waals surface area contributed by atoms with Crippen LogP contribution in [0.3, 0.4) is 0 Å². The Hall–Kier alpha value is -2.06. The molecule has 1 aromatic rings. The van der Waals surface area contributed by atoms with Gasteiger partial charge in [-0.25, -0.2) is 4.98 Å². The van der Waals surface area contributed by atoms with E-state index < -0.39 is 0 Å². The molecule has 3 aliphatic rings. The molecule has 1 unspecified atom stereocenters. The van der Waals surface area contributed by atoms with Crippen LogP contribution in [0.25, 0.3) is 0 Å². The van der Waals surface area contributed by atoms with Crippen molar-refractivity contribution in [1.29, 1.82) is 0 Å². The Morgan fingerprint density at radius 2 is 1.97 bits per heavy atom. The Labute approximate surface area is 172 Å². The lowest BCUT2D eigenvalue weighted by Gasteiger charge is -2.40. The van der Waals surface area contributed by atoms with Gasteiger partial charge in [-0.2, -0.15) is 0 Å². The summed E-state index contributed by atoms with van der Waals surface area (Å²) in [6.45, 7) is 6.61. The van der Waals surface area contributed by atoms with Crippen molar-refractivity contribution in [2.75, 3.05) is 52.5 Å². The molecule has 0 spiro atoms. The van der Waals surface area contributed by atoms with Gasteiger partial charge in [-0.05, 0) is 32.1 Å². The Morgan fingerprint density at radius 1 is 1.14 bits per heavy atom. The summed E-state index contributed by atoms with van der Waals surface area (Å²) in [5.74, 6) is 0.394. The van der Waals surface area contributed by atoms with E-state index in [0.717, 1.165) is 71.5 Å². The van der Waals surface area contributed by atoms with E-state index in [1.807, 2.05) is 4.90 Å². The molecule has 2 amide bonds. The molecule has 29 heavy (non-hydrogen) atoms. The summed E-state index contributed by atoms with van der Waals surface area (Å²) in [5.41, 5.74) is 0.375. The summed E-state index contributed by atoms with van der Waals surface area (Å²) in [5, 5.41) is 0. The van der Waals surface area contributed by atoms with E-state index in [-0.39, 0.29) is 23.8 Å². The molecule has 2 saturated heterocycles. The van der Waals surface area contributed by atoms with Gasteiger partial charge >= 0.3 is 0 Å². The predicted octanol–water partition coefficient (Wildman–Crippen LogP) is 1.04. The number of aromatic nitrogens is 2. The van der Waals surface area contributed by atoms with Crippen LogP contribution in [0, 0.1) is 5.92 Å². The zero-order valence-corrected chi connectivity index (χ0v) is 17.0. The van der Waals surface area contributed by atoms with Crippen LogP contribution in [0.15, 0.2) is 18.6 Å². The van der Waals surface area contributed by atoms with Gasteiger partial charge in [0, 0.05) is 63.6 Å². The minimum absolute atomic E-state index is 0.0880. The van der Waals surface area contributed by atoms with Gasteiger partial charge in [-0.15, -0.1) is 0 Å². The number of morpholine rings is 1. The lowest BCUT2D eigenvalue weighted by Crippen LogP contribution is -2.52. The van der Waals surface area contributed by atoms with E-state index in [4.69, 9.17) is 4.74 Å². The molecule has 8 nitrogen and oxygen atoms in total. The molecule has 0 aromatic carbocycles. The molecule has 0 N–H and O–H groups in total. The molecule has 0 radical (unpaired) electrons. The van der Waals surface area contributed by atoms with Gasteiger partial charge in [-0.1, -0.05) is 0 Å². The van der Waals surface area contributed by atoms with E-state index in [2.05, 4.69) is 19.8 Å². The molecule has 1 saturated carbocycles. The fourth-order valence-corrected chi connectivity index (χ4v) is 4.29. The van der Waals surface area contributed by atoms with E-state index in [9.17, 15) is 9.59 Å². The third-order valence-corrected chi connectivity index (χ3v) is 6.09. The average Bonchev–Trinajstić information content (AvgIpc) is 3.63. The van der Waals surface area contributed by atoms with Crippen molar-refractivity contribution in [3.8, 4) is 0 Å². The minimum atomic E-state index is -0.0880. The number of hydrogen-bond acceptors (Lipinski definition) is 6. The van der Waals surface area contributed by atoms with Crippen LogP contribution >= 0.6 is 0 Å². The van der Waals surface area contributed by atoms with Crippen LogP contribution < -0.4 is 0 Å². The monoisotopic (exact) mass is 401 g/mol. The summed E-state index contributed by atoms with van der Waals surface area (Å²) < 4.78 is 5.42. The van der Waals surface area contributed by atoms with Gasteiger partial charge < -0.3 is 14.5 Å². The number of nitrogens with zero attached hydrogens (tertiary/aromatic N) is 5. The first-order valence-corrected chi connectivity index (χ1v) is 10.9. The second-order valence-electron chi connectivity index (χ2n) is 8.25. The van der Waals surface area contributed by atoms with Crippen molar-refractivity contribution >= 4 is 11.8 Å². The number of hydrogen-bond donors (Lipinski definition) is 0. The maximum absolute atomic E-state index is 13.0. The highest BCUT2D eigenvalue weighted by atomic mass is 16.5. The SMILES string of the molecule is O=C(c1cnccn1)N1CCCC(N(CCCN2CCOCC2)C(=O)C2CC2)C1. The fraction of sp³-hybridized carbons (Fsp3) is 0.714. The maximum atomic E-state index is 13.0. The summed E-state index contributed by atoms with van der Waals surface area (Å²) in [6, 6.07) is 0.0992. The topological polar surface area (TPSA) is 78.9 Å². The molecular formula is C21H31N5O3. The maximum Gasteiger partial charge on any atom is 0.274 e. The Bertz CT molecular complexity index is 691. The van der Waals surface area contributed by atoms with Crippen LogP contribution in [0.2, 0.25) is 0 Å². The molecule has 3 heterocycles. The van der Waals surface area contributed by atoms with Crippen molar-refractivity contribution in [2.24, 2.45) is 5.92 Å². The quantitative estimate of drug-likeness (QED) is 0.679. The predicted molar refractivity (Wildman–Crippen MR) is 107 cm³/mol. The first kappa shape index (κ1) is 20.2. The second kappa shape index (κ2) is 9.63. The molecule has 0 bridgehead atoms. The van der Waals surface area contributed by atoms with Crippen LogP contribution in [0.4, 0.5) is 0 Å². The van der Waals surface area contributed by atoms with Gasteiger partial charge in [0.05, 0.1) is 19.4 Å². The average molecular weight is 402 g/mol. The first-order chi connectivity index (χ1) is 14.2. The molecule has 1 atom stereocenters. The van der Waals surface area contributed by atoms with Crippen molar-refractivity contribution < 1.29 is 14.3 Å². The molecule has 2 aliphatic heterocycles. The second-order valence-corrected chi connectivity index (χ2v) is 8.25. The Balaban J connectivity index is 1.37. The van der Waals surface area contributed by atoms with Crippen molar-refractivity contribution in [2.45, 2.75) is 38.1 Å². The fourth-order valence-electron chi connectivity index (χ4n) is 4.29. The molecule has 158 valence electrons. The van der Waals surface area contributed by atoms with Crippen molar-refractivity contribution in [3.63, 3.8) is 0 Å². The molecule has 3 fully saturated rings. The lowest BCUT2D eigenvalue weighted by atomic mass is 10.0. The van der Waals surface area contributed by atoms with Crippen molar-refractivity contribution in [3.05, 3.63) is 24.3 Å². The lowest BCUT2D eigenvalue weighted by molar-refractivity contribution is -0.136. The van der Waals surface area contributed by atoms with E-state index in [1.54, 1.807) is 12.4 Å². The van der Waals surface area contributed by atoms with Gasteiger partial charge in [0.1, 0.15) is 5.69 Å². The number of rotatable bonds is 7. The van der Waals surface area contributed by atoms with Crippen LogP contribution in [-0.4, -0.2) is 95.0 Å². The highest BCUT2D eigenvalue weighted by molar-refractivity contribution is 5.92. The van der Waals surface area contributed by atoms with Crippen molar-refractivity contribution in [1.82, 2.24) is 24.7 Å². The summed E-state index contributed by atoms with van der Waals surface area (Å²) >= 11 is 0. The standard InChI is InChI=1S/C21H31N5O3/c27-20(17-4-5-17)26(10-2-8-24-11-13-29-14-12-24)18-3-1-9-25(16-18)21(28)19-15-22-6-7-23-19/h6-7,15,17-18H,1-5,8-14,16H2. The Kier molecular flexibility index (Phi) is 6.71. The molecule has 8 heteroatoms. The number of carbonyl (C=O) groups is 2.